The molecular formula is C16H13FO. The van der Waals surface area contributed by atoms with Crippen LogP contribution in [0.25, 0.3) is 5.57 Å². The lowest BCUT2D eigenvalue weighted by molar-refractivity contribution is -0.103. The van der Waals surface area contributed by atoms with Gasteiger partial charge in [-0.3, -0.25) is 4.79 Å². The summed E-state index contributed by atoms with van der Waals surface area (Å²) in [6.45, 7) is 0. The van der Waals surface area contributed by atoms with E-state index in [4.69, 9.17) is 0 Å². The van der Waals surface area contributed by atoms with Crippen molar-refractivity contribution in [3.05, 3.63) is 77.6 Å². The summed E-state index contributed by atoms with van der Waals surface area (Å²) in [5.41, 5.74) is 2.53. The predicted molar refractivity (Wildman–Crippen MR) is 70.6 cm³/mol. The van der Waals surface area contributed by atoms with E-state index in [1.165, 1.54) is 12.1 Å². The number of allylic oxidation sites excluding steroid dienone is 2. The van der Waals surface area contributed by atoms with Gasteiger partial charge in [0.2, 0.25) is 0 Å². The van der Waals surface area contributed by atoms with Crippen molar-refractivity contribution in [2.24, 2.45) is 0 Å². The standard InChI is InChI=1S/C16H13FO/c17-16-10-7-13(8-11-16)6-9-15(12-18)14-4-2-1-3-5-14/h1-5,7-12H,6H2. The minimum atomic E-state index is -0.249. The van der Waals surface area contributed by atoms with Crippen LogP contribution in [0, 0.1) is 5.82 Å². The maximum absolute atomic E-state index is 12.7. The van der Waals surface area contributed by atoms with E-state index in [1.807, 2.05) is 36.4 Å². The summed E-state index contributed by atoms with van der Waals surface area (Å²) in [5.74, 6) is -0.249. The molecule has 0 aromatic heterocycles. The Labute approximate surface area is 106 Å². The third-order valence-electron chi connectivity index (χ3n) is 2.71. The largest absolute Gasteiger partial charge is 0.298 e. The van der Waals surface area contributed by atoms with Crippen molar-refractivity contribution in [2.75, 3.05) is 0 Å². The highest BCUT2D eigenvalue weighted by molar-refractivity contribution is 6.06. The van der Waals surface area contributed by atoms with Crippen molar-refractivity contribution < 1.29 is 9.18 Å². The van der Waals surface area contributed by atoms with Crippen molar-refractivity contribution >= 4 is 11.9 Å². The Morgan fingerprint density at radius 2 is 1.67 bits per heavy atom. The van der Waals surface area contributed by atoms with E-state index in [9.17, 15) is 9.18 Å². The molecule has 0 radical (unpaired) electrons. The number of carbonyl (C=O) groups is 1. The third kappa shape index (κ3) is 3.14. The number of carbonyl (C=O) groups excluding carboxylic acids is 1. The van der Waals surface area contributed by atoms with Gasteiger partial charge >= 0.3 is 0 Å². The van der Waals surface area contributed by atoms with Gasteiger partial charge in [0.1, 0.15) is 12.1 Å². The first-order chi connectivity index (χ1) is 8.79. The molecule has 0 spiro atoms. The van der Waals surface area contributed by atoms with Gasteiger partial charge < -0.3 is 0 Å². The molecule has 0 aliphatic carbocycles. The molecule has 2 aromatic carbocycles. The topological polar surface area (TPSA) is 17.1 Å². The zero-order valence-corrected chi connectivity index (χ0v) is 9.84. The first kappa shape index (κ1) is 12.2. The summed E-state index contributed by atoms with van der Waals surface area (Å²) in [7, 11) is 0. The SMILES string of the molecule is O=CC(=CCc1ccc(F)cc1)c1ccccc1. The molecule has 0 saturated heterocycles. The van der Waals surface area contributed by atoms with Crippen molar-refractivity contribution in [3.8, 4) is 0 Å². The van der Waals surface area contributed by atoms with Gasteiger partial charge in [-0.05, 0) is 29.7 Å². The number of hydrogen-bond donors (Lipinski definition) is 0. The molecule has 0 unspecified atom stereocenters. The lowest BCUT2D eigenvalue weighted by Crippen LogP contribution is -1.88. The lowest BCUT2D eigenvalue weighted by Gasteiger charge is -2.01. The molecule has 1 nitrogen and oxygen atoms in total. The Balaban J connectivity index is 2.16. The van der Waals surface area contributed by atoms with Gasteiger partial charge in [-0.1, -0.05) is 48.5 Å². The Bertz CT molecular complexity index is 541. The molecule has 0 atom stereocenters. The molecule has 0 saturated carbocycles. The van der Waals surface area contributed by atoms with Crippen LogP contribution in [-0.2, 0) is 11.2 Å². The van der Waals surface area contributed by atoms with Crippen LogP contribution in [0.4, 0.5) is 4.39 Å². The first-order valence-corrected chi connectivity index (χ1v) is 5.75. The van der Waals surface area contributed by atoms with Gasteiger partial charge in [0.05, 0.1) is 0 Å². The normalized spacial score (nSPS) is 11.3. The quantitative estimate of drug-likeness (QED) is 0.589. The monoisotopic (exact) mass is 240 g/mol. The summed E-state index contributed by atoms with van der Waals surface area (Å²) in [6, 6.07) is 15.8. The molecule has 0 heterocycles. The highest BCUT2D eigenvalue weighted by atomic mass is 19.1. The predicted octanol–water partition coefficient (Wildman–Crippen LogP) is 3.65. The number of aldehydes is 1. The van der Waals surface area contributed by atoms with Crippen molar-refractivity contribution in [3.63, 3.8) is 0 Å². The first-order valence-electron chi connectivity index (χ1n) is 5.75. The van der Waals surface area contributed by atoms with Crippen molar-refractivity contribution in [1.29, 1.82) is 0 Å². The van der Waals surface area contributed by atoms with Crippen LogP contribution < -0.4 is 0 Å². The molecule has 0 amide bonds. The number of hydrogen-bond acceptors (Lipinski definition) is 1. The van der Waals surface area contributed by atoms with Gasteiger partial charge in [0.15, 0.2) is 0 Å². The van der Waals surface area contributed by atoms with E-state index < -0.39 is 0 Å². The summed E-state index contributed by atoms with van der Waals surface area (Å²) < 4.78 is 12.7. The molecule has 90 valence electrons. The van der Waals surface area contributed by atoms with Crippen molar-refractivity contribution in [2.45, 2.75) is 6.42 Å². The zero-order chi connectivity index (χ0) is 12.8. The fourth-order valence-electron chi connectivity index (χ4n) is 1.71. The molecule has 2 aromatic rings. The van der Waals surface area contributed by atoms with E-state index in [-0.39, 0.29) is 5.82 Å². The van der Waals surface area contributed by atoms with E-state index in [2.05, 4.69) is 0 Å². The van der Waals surface area contributed by atoms with Gasteiger partial charge in [-0.25, -0.2) is 4.39 Å². The second-order valence-electron chi connectivity index (χ2n) is 3.97. The van der Waals surface area contributed by atoms with Crippen LogP contribution in [0.2, 0.25) is 0 Å². The highest BCUT2D eigenvalue weighted by Gasteiger charge is 1.99. The van der Waals surface area contributed by atoms with Crippen molar-refractivity contribution in [1.82, 2.24) is 0 Å². The van der Waals surface area contributed by atoms with Gasteiger partial charge in [-0.15, -0.1) is 0 Å². The lowest BCUT2D eigenvalue weighted by atomic mass is 10.0. The minimum absolute atomic E-state index is 0.249. The molecule has 0 aliphatic heterocycles. The van der Waals surface area contributed by atoms with Crippen LogP contribution >= 0.6 is 0 Å². The molecule has 2 heteroatoms. The van der Waals surface area contributed by atoms with Crippen LogP contribution in [-0.4, -0.2) is 6.29 Å². The second-order valence-corrected chi connectivity index (χ2v) is 3.97. The average Bonchev–Trinajstić information content (AvgIpc) is 2.43. The Hall–Kier alpha value is -2.22. The maximum atomic E-state index is 12.7. The summed E-state index contributed by atoms with van der Waals surface area (Å²) in [6.07, 6.45) is 3.32. The smallest absolute Gasteiger partial charge is 0.150 e. The van der Waals surface area contributed by atoms with E-state index in [0.29, 0.717) is 12.0 Å². The van der Waals surface area contributed by atoms with Crippen LogP contribution in [0.15, 0.2) is 60.7 Å². The summed E-state index contributed by atoms with van der Waals surface area (Å²) in [4.78, 5) is 11.1. The van der Waals surface area contributed by atoms with Gasteiger partial charge in [0.25, 0.3) is 0 Å². The summed E-state index contributed by atoms with van der Waals surface area (Å²) >= 11 is 0. The Morgan fingerprint density at radius 1 is 1.00 bits per heavy atom. The second kappa shape index (κ2) is 5.92. The molecule has 18 heavy (non-hydrogen) atoms. The van der Waals surface area contributed by atoms with Gasteiger partial charge in [-0.2, -0.15) is 0 Å². The summed E-state index contributed by atoms with van der Waals surface area (Å²) in [5, 5.41) is 0. The third-order valence-corrected chi connectivity index (χ3v) is 2.71. The minimum Gasteiger partial charge on any atom is -0.298 e. The maximum Gasteiger partial charge on any atom is 0.150 e. The molecule has 0 fully saturated rings. The Morgan fingerprint density at radius 3 is 2.28 bits per heavy atom. The number of rotatable bonds is 4. The highest BCUT2D eigenvalue weighted by Crippen LogP contribution is 2.13. The molecule has 0 N–H and O–H groups in total. The molecular weight excluding hydrogens is 227 g/mol. The van der Waals surface area contributed by atoms with Crippen LogP contribution in [0.5, 0.6) is 0 Å². The van der Waals surface area contributed by atoms with E-state index in [1.54, 1.807) is 12.1 Å². The van der Waals surface area contributed by atoms with E-state index in [0.717, 1.165) is 17.4 Å². The fourth-order valence-corrected chi connectivity index (χ4v) is 1.71. The van der Waals surface area contributed by atoms with Gasteiger partial charge in [0, 0.05) is 5.57 Å². The van der Waals surface area contributed by atoms with Crippen LogP contribution in [0.1, 0.15) is 11.1 Å². The molecule has 0 aliphatic rings. The molecule has 0 bridgehead atoms. The zero-order valence-electron chi connectivity index (χ0n) is 9.84. The van der Waals surface area contributed by atoms with E-state index >= 15 is 0 Å². The number of halogens is 1. The fraction of sp³-hybridized carbons (Fsp3) is 0.0625. The molecule has 2 rings (SSSR count). The number of benzene rings is 2. The average molecular weight is 240 g/mol. The Kier molecular flexibility index (Phi) is 4.02. The van der Waals surface area contributed by atoms with Crippen LogP contribution in [0.3, 0.4) is 0 Å².